The Bertz CT molecular complexity index is 1240. The number of ketones is 2. The summed E-state index contributed by atoms with van der Waals surface area (Å²) in [7, 11) is 0. The number of hydrogen-bond donors (Lipinski definition) is 0. The smallest absolute Gasteiger partial charge is 0.200 e. The molecule has 0 N–H and O–H groups in total. The molecular weight excluding hydrogens is 382 g/mol. The number of hydrogen-bond acceptors (Lipinski definition) is 4. The van der Waals surface area contributed by atoms with E-state index in [0.29, 0.717) is 5.58 Å². The van der Waals surface area contributed by atoms with Crippen molar-refractivity contribution in [3.63, 3.8) is 0 Å². The van der Waals surface area contributed by atoms with Gasteiger partial charge in [-0.15, -0.1) is 11.3 Å². The van der Waals surface area contributed by atoms with Crippen molar-refractivity contribution < 1.29 is 22.8 Å². The van der Waals surface area contributed by atoms with Crippen molar-refractivity contribution in [3.8, 4) is 10.4 Å². The molecule has 3 nitrogen and oxygen atoms in total. The normalized spacial score (nSPS) is 13.4. The predicted molar refractivity (Wildman–Crippen MR) is 103 cm³/mol. The van der Waals surface area contributed by atoms with E-state index in [1.165, 1.54) is 17.4 Å². The Kier molecular flexibility index (Phi) is 3.64. The van der Waals surface area contributed by atoms with E-state index in [1.807, 2.05) is 36.4 Å². The molecule has 136 valence electrons. The largest absolute Gasteiger partial charge is 0.456 e. The van der Waals surface area contributed by atoms with Crippen LogP contribution in [-0.4, -0.2) is 11.6 Å². The molecule has 0 fully saturated rings. The lowest BCUT2D eigenvalue weighted by Gasteiger charge is -1.97. The van der Waals surface area contributed by atoms with E-state index in [2.05, 4.69) is 0 Å². The minimum absolute atomic E-state index is 0.284. The van der Waals surface area contributed by atoms with Crippen molar-refractivity contribution in [1.29, 1.82) is 0 Å². The topological polar surface area (TPSA) is 47.3 Å². The third-order valence-electron chi connectivity index (χ3n) is 4.62. The van der Waals surface area contributed by atoms with E-state index in [0.717, 1.165) is 27.3 Å². The van der Waals surface area contributed by atoms with Crippen molar-refractivity contribution in [2.75, 3.05) is 0 Å². The van der Waals surface area contributed by atoms with E-state index in [9.17, 15) is 18.4 Å². The number of rotatable bonds is 2. The molecule has 0 bridgehead atoms. The van der Waals surface area contributed by atoms with E-state index in [4.69, 9.17) is 4.42 Å². The Morgan fingerprint density at radius 1 is 0.857 bits per heavy atom. The molecule has 0 saturated carbocycles. The number of fused-ring (bicyclic) bond motifs is 2. The molecule has 0 saturated heterocycles. The van der Waals surface area contributed by atoms with Gasteiger partial charge in [-0.05, 0) is 23.8 Å². The maximum atomic E-state index is 13.9. The first-order valence-corrected chi connectivity index (χ1v) is 9.22. The summed E-state index contributed by atoms with van der Waals surface area (Å²) in [6.45, 7) is 0. The first-order valence-electron chi connectivity index (χ1n) is 8.41. The first kappa shape index (κ1) is 16.8. The lowest BCUT2D eigenvalue weighted by atomic mass is 10.1. The quantitative estimate of drug-likeness (QED) is 0.315. The molecule has 5 rings (SSSR count). The minimum atomic E-state index is -0.911. The molecule has 0 aliphatic heterocycles. The summed E-state index contributed by atoms with van der Waals surface area (Å²) in [4.78, 5) is 25.9. The van der Waals surface area contributed by atoms with Crippen molar-refractivity contribution in [2.45, 2.75) is 0 Å². The highest BCUT2D eigenvalue weighted by Gasteiger charge is 2.38. The highest BCUT2D eigenvalue weighted by atomic mass is 32.1. The molecular formula is C22H10F2O3S. The number of halogens is 2. The Labute approximate surface area is 161 Å². The van der Waals surface area contributed by atoms with Gasteiger partial charge in [0.1, 0.15) is 23.0 Å². The zero-order chi connectivity index (χ0) is 19.4. The molecule has 28 heavy (non-hydrogen) atoms. The summed E-state index contributed by atoms with van der Waals surface area (Å²) in [6, 6.07) is 15.1. The lowest BCUT2D eigenvalue weighted by molar-refractivity contribution is 0.0988. The number of carbonyl (C=O) groups excluding carboxylic acids is 2. The van der Waals surface area contributed by atoms with E-state index in [-0.39, 0.29) is 11.3 Å². The molecule has 0 radical (unpaired) electrons. The molecule has 2 aromatic carbocycles. The molecule has 2 aromatic heterocycles. The number of Topliss-reactive ketones (excluding diaryl/α,β-unsaturated/α-hetero) is 2. The van der Waals surface area contributed by atoms with Gasteiger partial charge in [0.15, 0.2) is 0 Å². The van der Waals surface area contributed by atoms with Gasteiger partial charge in [0.25, 0.3) is 0 Å². The standard InChI is InChI=1S/C22H10F2O3S/c23-14-6-7-15(24)20-19(14)21(25)13(22(20)26)8-12-9-18-16(27-12)10-17(28-18)11-4-2-1-3-5-11/h1-10H. The van der Waals surface area contributed by atoms with Gasteiger partial charge < -0.3 is 4.42 Å². The van der Waals surface area contributed by atoms with Crippen LogP contribution in [0.15, 0.2) is 64.6 Å². The van der Waals surface area contributed by atoms with Crippen LogP contribution in [-0.2, 0) is 0 Å². The summed E-state index contributed by atoms with van der Waals surface area (Å²) in [5.74, 6) is -3.20. The van der Waals surface area contributed by atoms with Crippen molar-refractivity contribution in [3.05, 3.63) is 88.7 Å². The fourth-order valence-electron chi connectivity index (χ4n) is 3.31. The van der Waals surface area contributed by atoms with Crippen molar-refractivity contribution in [1.82, 2.24) is 0 Å². The molecule has 6 heteroatoms. The van der Waals surface area contributed by atoms with Gasteiger partial charge in [-0.1, -0.05) is 30.3 Å². The van der Waals surface area contributed by atoms with Crippen LogP contribution in [0.2, 0.25) is 0 Å². The number of allylic oxidation sites excluding steroid dienone is 1. The van der Waals surface area contributed by atoms with Gasteiger partial charge in [0, 0.05) is 17.0 Å². The van der Waals surface area contributed by atoms with E-state index in [1.54, 1.807) is 6.07 Å². The lowest BCUT2D eigenvalue weighted by Crippen LogP contribution is -2.00. The van der Waals surface area contributed by atoms with Crippen molar-refractivity contribution >= 4 is 39.3 Å². The fraction of sp³-hybridized carbons (Fsp3) is 0. The molecule has 0 atom stereocenters. The minimum Gasteiger partial charge on any atom is -0.456 e. The molecule has 1 aliphatic carbocycles. The van der Waals surface area contributed by atoms with Crippen LogP contribution in [0.4, 0.5) is 8.78 Å². The van der Waals surface area contributed by atoms with Crippen LogP contribution >= 0.6 is 11.3 Å². The average molecular weight is 392 g/mol. The van der Waals surface area contributed by atoms with Gasteiger partial charge in [-0.25, -0.2) is 8.78 Å². The van der Waals surface area contributed by atoms with Crippen LogP contribution in [0, 0.1) is 11.6 Å². The van der Waals surface area contributed by atoms with Crippen molar-refractivity contribution in [2.24, 2.45) is 0 Å². The third-order valence-corrected chi connectivity index (χ3v) is 5.73. The number of benzene rings is 2. The van der Waals surface area contributed by atoms with Crippen LogP contribution in [0.1, 0.15) is 26.5 Å². The number of thiophene rings is 1. The molecule has 0 spiro atoms. The Morgan fingerprint density at radius 2 is 1.50 bits per heavy atom. The second-order valence-electron chi connectivity index (χ2n) is 6.35. The number of carbonyl (C=O) groups is 2. The Morgan fingerprint density at radius 3 is 2.11 bits per heavy atom. The molecule has 0 unspecified atom stereocenters. The van der Waals surface area contributed by atoms with Gasteiger partial charge in [0.05, 0.1) is 21.4 Å². The molecule has 1 aliphatic rings. The zero-order valence-corrected chi connectivity index (χ0v) is 15.0. The highest BCUT2D eigenvalue weighted by Crippen LogP contribution is 2.37. The van der Waals surface area contributed by atoms with Crippen LogP contribution < -0.4 is 0 Å². The SMILES string of the molecule is O=C1C(=Cc2cc3sc(-c4ccccc4)cc3o2)C(=O)c2c(F)ccc(F)c21. The maximum Gasteiger partial charge on any atom is 0.200 e. The third kappa shape index (κ3) is 2.46. The summed E-state index contributed by atoms with van der Waals surface area (Å²) in [6.07, 6.45) is 1.25. The van der Waals surface area contributed by atoms with Crippen LogP contribution in [0.5, 0.6) is 0 Å². The molecule has 4 aromatic rings. The summed E-state index contributed by atoms with van der Waals surface area (Å²) < 4.78 is 34.5. The zero-order valence-electron chi connectivity index (χ0n) is 14.2. The molecule has 2 heterocycles. The predicted octanol–water partition coefficient (Wildman–Crippen LogP) is 5.90. The monoisotopic (exact) mass is 392 g/mol. The maximum absolute atomic E-state index is 13.9. The Hall–Kier alpha value is -3.38. The van der Waals surface area contributed by atoms with Gasteiger partial charge >= 0.3 is 0 Å². The molecule has 0 amide bonds. The van der Waals surface area contributed by atoms with Crippen LogP contribution in [0.25, 0.3) is 26.8 Å². The highest BCUT2D eigenvalue weighted by molar-refractivity contribution is 7.22. The van der Waals surface area contributed by atoms with Gasteiger partial charge in [0.2, 0.25) is 11.6 Å². The fourth-order valence-corrected chi connectivity index (χ4v) is 4.34. The average Bonchev–Trinajstić information content (AvgIpc) is 3.32. The van der Waals surface area contributed by atoms with Crippen LogP contribution in [0.3, 0.4) is 0 Å². The summed E-state index contributed by atoms with van der Waals surface area (Å²) in [5, 5.41) is 0. The Balaban J connectivity index is 1.55. The van der Waals surface area contributed by atoms with Gasteiger partial charge in [-0.3, -0.25) is 9.59 Å². The first-order chi connectivity index (χ1) is 13.5. The van der Waals surface area contributed by atoms with Gasteiger partial charge in [-0.2, -0.15) is 0 Å². The second-order valence-corrected chi connectivity index (χ2v) is 7.43. The van der Waals surface area contributed by atoms with E-state index < -0.39 is 34.3 Å². The summed E-state index contributed by atoms with van der Waals surface area (Å²) in [5.41, 5.74) is 0.334. The summed E-state index contributed by atoms with van der Waals surface area (Å²) >= 11 is 1.51. The second kappa shape index (κ2) is 6.07. The number of furan rings is 1. The van der Waals surface area contributed by atoms with E-state index >= 15 is 0 Å².